The van der Waals surface area contributed by atoms with Gasteiger partial charge in [-0.3, -0.25) is 69.9 Å². The molecule has 0 aliphatic carbocycles. The van der Waals surface area contributed by atoms with E-state index >= 15 is 0 Å². The summed E-state index contributed by atoms with van der Waals surface area (Å²) >= 11 is 13.2. The molecule has 0 saturated carbocycles. The van der Waals surface area contributed by atoms with Gasteiger partial charge in [-0.2, -0.15) is 0 Å². The summed E-state index contributed by atoms with van der Waals surface area (Å²) in [4.78, 5) is 118. The molecule has 0 atom stereocenters. The molecule has 5 N–H and O–H groups in total. The number of nitrogens with one attached hydrogen (secondary N) is 5. The van der Waals surface area contributed by atoms with E-state index in [1.165, 1.54) is 107 Å². The van der Waals surface area contributed by atoms with E-state index in [2.05, 4.69) is 77.4 Å². The number of anilines is 7. The summed E-state index contributed by atoms with van der Waals surface area (Å²) in [6, 6.07) is 50.8. The molecule has 21 rings (SSSR count). The maximum absolute atomic E-state index is 13.2. The van der Waals surface area contributed by atoms with Gasteiger partial charge in [0.15, 0.2) is 87.6 Å². The fourth-order valence-corrected chi connectivity index (χ4v) is 17.3. The number of carbonyl (C=O) groups is 7. The second-order valence-corrected chi connectivity index (χ2v) is 35.8. The van der Waals surface area contributed by atoms with Crippen molar-refractivity contribution in [3.63, 3.8) is 0 Å². The summed E-state index contributed by atoms with van der Waals surface area (Å²) in [5.74, 6) is 0.417. The minimum atomic E-state index is -0.385. The summed E-state index contributed by atoms with van der Waals surface area (Å²) in [7, 11) is 4.96. The number of thiazole rings is 7. The number of benzene rings is 7. The predicted octanol–water partition coefficient (Wildman–Crippen LogP) is 24.8. The van der Waals surface area contributed by atoms with Crippen LogP contribution in [0, 0.1) is 47.4 Å². The van der Waals surface area contributed by atoms with Crippen LogP contribution in [0.2, 0.25) is 0 Å². The number of halogens is 2. The van der Waals surface area contributed by atoms with Crippen LogP contribution in [-0.4, -0.2) is 97.4 Å². The molecule has 21 aromatic rings. The molecule has 660 valence electrons. The third kappa shape index (κ3) is 21.8. The molecule has 0 aliphatic heterocycles. The second kappa shape index (κ2) is 41.5. The monoisotopic (exact) mass is 1950 g/mol. The van der Waals surface area contributed by atoms with Crippen LogP contribution in [0.25, 0.3) is 76.8 Å². The molecule has 0 saturated heterocycles. The Hall–Kier alpha value is -14.8. The molecule has 0 aliphatic rings. The molecular weight excluding hydrogens is 1880 g/mol. The lowest BCUT2D eigenvalue weighted by molar-refractivity contribution is 0.0961. The first-order valence-corrected chi connectivity index (χ1v) is 46.0. The van der Waals surface area contributed by atoms with Crippen molar-refractivity contribution >= 4 is 249 Å². The number of ether oxygens (including phenoxy) is 1. The van der Waals surface area contributed by atoms with Crippen molar-refractivity contribution in [2.75, 3.05) is 57.6 Å². The normalized spacial score (nSPS) is 10.8. The highest BCUT2D eigenvalue weighted by atomic mass is 79.9. The van der Waals surface area contributed by atoms with Gasteiger partial charge in [0.05, 0.1) is 7.11 Å². The van der Waals surface area contributed by atoms with Crippen molar-refractivity contribution < 1.29 is 73.6 Å². The molecule has 7 amide bonds. The SMILES string of the molecule is CN(C(=O)c1cc2ccccc2o1)c1nccs1.COc1cccc2cc(C(=O)Nc3ncc(C)s3)oc12.Cc1c(C(=O)N(C)c2nccs2)oc2ccccc12.Cc1c(C(=O)Nc2nccs2)oc2ccc(Br)cc12.Cc1c(C(=O)Nc2nccs2)oc2ccc(F)cc12.Cc1c(C(=O)Nc2nccs2)oc2ccccc12.Cc1cnc(NC(=O)c2cc3ccccc3o2)s1. The van der Waals surface area contributed by atoms with Crippen molar-refractivity contribution in [2.45, 2.75) is 41.5 Å². The molecule has 0 unspecified atom stereocenters. The molecule has 0 fully saturated rings. The first-order valence-electron chi connectivity index (χ1n) is 39.2. The minimum Gasteiger partial charge on any atom is -0.493 e. The predicted molar refractivity (Wildman–Crippen MR) is 516 cm³/mol. The van der Waals surface area contributed by atoms with Crippen LogP contribution in [0.15, 0.2) is 276 Å². The number of aromatic nitrogens is 7. The number of furan rings is 7. The van der Waals surface area contributed by atoms with E-state index in [9.17, 15) is 38.0 Å². The summed E-state index contributed by atoms with van der Waals surface area (Å²) in [5, 5.41) is 32.7. The van der Waals surface area contributed by atoms with Crippen molar-refractivity contribution in [3.8, 4) is 5.75 Å². The van der Waals surface area contributed by atoms with Gasteiger partial charge in [0, 0.05) is 159 Å². The highest BCUT2D eigenvalue weighted by molar-refractivity contribution is 9.10. The fraction of sp³-hybridized carbons (Fsp3) is 0.0968. The topological polar surface area (TPSA) is 378 Å². The Balaban J connectivity index is 0.000000117. The molecule has 14 aromatic heterocycles. The van der Waals surface area contributed by atoms with E-state index in [0.29, 0.717) is 109 Å². The number of hydrogen-bond acceptors (Lipinski definition) is 29. The molecular formula is C93H72BrFN14O15S7. The van der Waals surface area contributed by atoms with Crippen molar-refractivity contribution in [1.82, 2.24) is 34.9 Å². The highest BCUT2D eigenvalue weighted by Gasteiger charge is 2.27. The van der Waals surface area contributed by atoms with Crippen molar-refractivity contribution in [2.24, 2.45) is 0 Å². The molecule has 38 heteroatoms. The van der Waals surface area contributed by atoms with Crippen LogP contribution >= 0.6 is 95.3 Å². The first kappa shape index (κ1) is 91.0. The summed E-state index contributed by atoms with van der Waals surface area (Å²) in [6.45, 7) is 11.2. The Morgan fingerprint density at radius 3 is 1.19 bits per heavy atom. The van der Waals surface area contributed by atoms with Gasteiger partial charge in [0.2, 0.25) is 0 Å². The lowest BCUT2D eigenvalue weighted by Crippen LogP contribution is -2.26. The largest absolute Gasteiger partial charge is 0.493 e. The molecule has 131 heavy (non-hydrogen) atoms. The second-order valence-electron chi connectivity index (χ2n) is 28.0. The lowest BCUT2D eigenvalue weighted by atomic mass is 10.1. The summed E-state index contributed by atoms with van der Waals surface area (Å²) in [6.07, 6.45) is 11.7. The quantitative estimate of drug-likeness (QED) is 0.0636. The number of methoxy groups -OCH3 is 1. The van der Waals surface area contributed by atoms with Crippen molar-refractivity contribution in [3.05, 3.63) is 323 Å². The number of fused-ring (bicyclic) bond motifs is 7. The van der Waals surface area contributed by atoms with Gasteiger partial charge >= 0.3 is 0 Å². The van der Waals surface area contributed by atoms with Gasteiger partial charge in [-0.25, -0.2) is 39.3 Å². The molecule has 14 heterocycles. The average molecular weight is 1950 g/mol. The van der Waals surface area contributed by atoms with Crippen LogP contribution in [0.5, 0.6) is 5.75 Å². The smallest absolute Gasteiger partial charge is 0.295 e. The average Bonchev–Trinajstić information content (AvgIpc) is 1.64. The van der Waals surface area contributed by atoms with Gasteiger partial charge in [-0.05, 0) is 126 Å². The zero-order chi connectivity index (χ0) is 91.9. The van der Waals surface area contributed by atoms with E-state index < -0.39 is 0 Å². The van der Waals surface area contributed by atoms with E-state index in [4.69, 9.17) is 35.7 Å². The van der Waals surface area contributed by atoms with E-state index in [-0.39, 0.29) is 58.7 Å². The van der Waals surface area contributed by atoms with Gasteiger partial charge in [-0.15, -0.1) is 79.4 Å². The van der Waals surface area contributed by atoms with Crippen LogP contribution in [-0.2, 0) is 0 Å². The number of para-hydroxylation sites is 5. The fourth-order valence-electron chi connectivity index (χ4n) is 12.8. The van der Waals surface area contributed by atoms with Crippen LogP contribution < -0.4 is 41.1 Å². The molecule has 29 nitrogen and oxygen atoms in total. The molecule has 7 aromatic carbocycles. The van der Waals surface area contributed by atoms with Crippen LogP contribution in [0.1, 0.15) is 106 Å². The molecule has 0 bridgehead atoms. The zero-order valence-electron chi connectivity index (χ0n) is 70.4. The van der Waals surface area contributed by atoms with Crippen molar-refractivity contribution in [1.29, 1.82) is 0 Å². The highest BCUT2D eigenvalue weighted by Crippen LogP contribution is 2.35. The van der Waals surface area contributed by atoms with E-state index in [1.807, 2.05) is 173 Å². The standard InChI is InChI=1S/C14H12N2O3S.C14H12N2O2S.C13H9BrN2O2S.C13H9FN2O2S.3C13H10N2O2S/c1-8-7-15-14(20-8)16-13(17)11-6-9-4-3-5-10(18-2)12(9)19-11;1-9-10-5-3-4-6-11(10)18-12(9)13(17)16(2)14-15-7-8-19-14;2*1-7-9-6-8(14)2-3-10(9)18-11(7)12(17)16-13-15-4-5-19-13;1-8-7-14-13(18-8)15-12(16)11-6-9-4-2-3-5-10(9)17-11;1-15(13-14-6-7-18-13)12(16)11-8-9-4-2-3-5-10(9)17-11;1-8-9-4-2-3-5-10(9)17-11(8)12(16)15-13-14-6-7-18-13/h3-7H,1-2H3,(H,15,16,17);3-8H,1-2H3;2*2-6H,1H3,(H,15,16,17);2-7H,1H3,(H,14,15,16);2-8H,1H3;2-7H,1H3,(H,14,15,16). The van der Waals surface area contributed by atoms with Gasteiger partial charge in [0.25, 0.3) is 41.4 Å². The van der Waals surface area contributed by atoms with E-state index in [0.717, 1.165) is 74.4 Å². The Kier molecular flexibility index (Phi) is 28.9. The van der Waals surface area contributed by atoms with Crippen LogP contribution in [0.3, 0.4) is 0 Å². The van der Waals surface area contributed by atoms with Gasteiger partial charge < -0.3 is 35.7 Å². The Bertz CT molecular complexity index is 7420. The maximum Gasteiger partial charge on any atom is 0.295 e. The maximum atomic E-state index is 13.2. The number of hydrogen-bond donors (Lipinski definition) is 5. The van der Waals surface area contributed by atoms with Crippen LogP contribution in [0.4, 0.5) is 40.3 Å². The Morgan fingerprint density at radius 2 is 0.740 bits per heavy atom. The van der Waals surface area contributed by atoms with E-state index in [1.54, 1.807) is 112 Å². The number of nitrogens with zero attached hydrogens (tertiary/aromatic N) is 9. The minimum absolute atomic E-state index is 0.177. The summed E-state index contributed by atoms with van der Waals surface area (Å²) in [5.41, 5.74) is 7.78. The van der Waals surface area contributed by atoms with Gasteiger partial charge in [0.1, 0.15) is 39.3 Å². The third-order valence-corrected chi connectivity index (χ3v) is 25.1. The van der Waals surface area contributed by atoms with Gasteiger partial charge in [-0.1, -0.05) is 101 Å². The lowest BCUT2D eigenvalue weighted by Gasteiger charge is -2.11. The number of rotatable bonds is 15. The number of amides is 7. The molecule has 0 radical (unpaired) electrons. The number of aryl methyl sites for hydroxylation is 6. The Labute approximate surface area is 779 Å². The zero-order valence-corrected chi connectivity index (χ0v) is 77.7. The first-order chi connectivity index (χ1) is 63.4. The Morgan fingerprint density at radius 1 is 0.359 bits per heavy atom. The summed E-state index contributed by atoms with van der Waals surface area (Å²) < 4.78 is 58.2. The number of carbonyl (C=O) groups excluding carboxylic acids is 7. The molecule has 0 spiro atoms. The third-order valence-electron chi connectivity index (χ3n) is 19.2.